The van der Waals surface area contributed by atoms with Gasteiger partial charge in [-0.05, 0) is 32.7 Å². The molecule has 0 bridgehead atoms. The van der Waals surface area contributed by atoms with Crippen molar-refractivity contribution in [2.75, 3.05) is 32.0 Å². The third kappa shape index (κ3) is 3.57. The Morgan fingerprint density at radius 3 is 3.04 bits per heavy atom. The van der Waals surface area contributed by atoms with Crippen molar-refractivity contribution < 1.29 is 14.3 Å². The van der Waals surface area contributed by atoms with Crippen LogP contribution >= 0.6 is 0 Å². The number of piperidine rings is 2. The van der Waals surface area contributed by atoms with Crippen LogP contribution in [-0.4, -0.2) is 59.0 Å². The molecule has 1 aromatic rings. The summed E-state index contributed by atoms with van der Waals surface area (Å²) in [6, 6.07) is 1.29. The van der Waals surface area contributed by atoms with Crippen molar-refractivity contribution in [3.8, 4) is 0 Å². The van der Waals surface area contributed by atoms with Crippen LogP contribution in [0.5, 0.6) is 0 Å². The second-order valence-electron chi connectivity index (χ2n) is 6.89. The number of aromatic amines is 1. The molecule has 26 heavy (non-hydrogen) atoms. The van der Waals surface area contributed by atoms with E-state index in [-0.39, 0.29) is 30.3 Å². The number of nitrogens with two attached hydrogens (primary N) is 1. The summed E-state index contributed by atoms with van der Waals surface area (Å²) < 4.78 is 5.33. The van der Waals surface area contributed by atoms with Gasteiger partial charge in [0, 0.05) is 25.2 Å². The first-order valence-electron chi connectivity index (χ1n) is 8.98. The Hall–Kier alpha value is -2.42. The number of hydrogen-bond acceptors (Lipinski definition) is 7. The molecule has 9 heteroatoms. The van der Waals surface area contributed by atoms with Crippen LogP contribution in [-0.2, 0) is 20.7 Å². The van der Waals surface area contributed by atoms with Crippen LogP contribution in [0.4, 0.5) is 5.95 Å². The fourth-order valence-electron chi connectivity index (χ4n) is 4.00. The number of amides is 1. The number of nitrogen functional groups attached to an aromatic ring is 1. The van der Waals surface area contributed by atoms with E-state index in [2.05, 4.69) is 15.3 Å². The normalized spacial score (nSPS) is 25.4. The molecule has 0 unspecified atom stereocenters. The Morgan fingerprint density at radius 2 is 2.31 bits per heavy atom. The zero-order chi connectivity index (χ0) is 18.7. The Kier molecular flexibility index (Phi) is 5.26. The average Bonchev–Trinajstić information content (AvgIpc) is 2.60. The van der Waals surface area contributed by atoms with Crippen LogP contribution < -0.4 is 16.6 Å². The van der Waals surface area contributed by atoms with Crippen molar-refractivity contribution in [1.82, 2.24) is 20.2 Å². The summed E-state index contributed by atoms with van der Waals surface area (Å²) in [5, 5.41) is 3.41. The first-order chi connectivity index (χ1) is 12.4. The molecule has 0 spiro atoms. The second-order valence-corrected chi connectivity index (χ2v) is 6.89. The second kappa shape index (κ2) is 7.45. The first-order valence-corrected chi connectivity index (χ1v) is 8.98. The third-order valence-electron chi connectivity index (χ3n) is 5.20. The smallest absolute Gasteiger partial charge is 0.315 e. The van der Waals surface area contributed by atoms with Gasteiger partial charge >= 0.3 is 5.97 Å². The van der Waals surface area contributed by atoms with E-state index in [0.717, 1.165) is 13.0 Å². The summed E-state index contributed by atoms with van der Waals surface area (Å²) in [6.07, 6.45) is 2.23. The van der Waals surface area contributed by atoms with Crippen molar-refractivity contribution in [3.63, 3.8) is 0 Å². The van der Waals surface area contributed by atoms with Gasteiger partial charge in [-0.25, -0.2) is 4.98 Å². The predicted molar refractivity (Wildman–Crippen MR) is 94.3 cm³/mol. The van der Waals surface area contributed by atoms with E-state index in [1.165, 1.54) is 6.07 Å². The number of aromatic nitrogens is 2. The number of esters is 1. The third-order valence-corrected chi connectivity index (χ3v) is 5.20. The molecule has 2 aliphatic rings. The Morgan fingerprint density at radius 1 is 1.50 bits per heavy atom. The summed E-state index contributed by atoms with van der Waals surface area (Å²) in [7, 11) is 0. The number of nitrogens with one attached hydrogen (secondary N) is 2. The highest BCUT2D eigenvalue weighted by Crippen LogP contribution is 2.39. The van der Waals surface area contributed by atoms with Gasteiger partial charge in [0.25, 0.3) is 5.56 Å². The molecular weight excluding hydrogens is 338 g/mol. The number of carbonyl (C=O) groups excluding carboxylic acids is 2. The van der Waals surface area contributed by atoms with Gasteiger partial charge in [0.2, 0.25) is 11.9 Å². The van der Waals surface area contributed by atoms with Crippen LogP contribution in [0, 0.1) is 5.41 Å². The first kappa shape index (κ1) is 18.4. The maximum absolute atomic E-state index is 12.7. The molecule has 2 saturated heterocycles. The van der Waals surface area contributed by atoms with Crippen LogP contribution in [0.3, 0.4) is 0 Å². The van der Waals surface area contributed by atoms with Gasteiger partial charge in [0.05, 0.1) is 18.7 Å². The summed E-state index contributed by atoms with van der Waals surface area (Å²) in [4.78, 5) is 45.0. The minimum atomic E-state index is -0.706. The lowest BCUT2D eigenvalue weighted by Gasteiger charge is -2.49. The summed E-state index contributed by atoms with van der Waals surface area (Å²) >= 11 is 0. The highest BCUT2D eigenvalue weighted by Gasteiger charge is 2.52. The lowest BCUT2D eigenvalue weighted by molar-refractivity contribution is -0.165. The topological polar surface area (TPSA) is 130 Å². The number of anilines is 1. The molecule has 0 radical (unpaired) electrons. The van der Waals surface area contributed by atoms with Crippen molar-refractivity contribution >= 4 is 17.8 Å². The molecule has 0 saturated carbocycles. The zero-order valence-electron chi connectivity index (χ0n) is 14.9. The minimum Gasteiger partial charge on any atom is -0.465 e. The SMILES string of the molecule is CCOC(=O)[C@]12CCCN[C@@H]1CCN(C(=O)Cc1cc(=O)[nH]c(N)n1)C2. The Bertz CT molecular complexity index is 749. The van der Waals surface area contributed by atoms with Gasteiger partial charge in [-0.2, -0.15) is 0 Å². The Balaban J connectivity index is 1.77. The van der Waals surface area contributed by atoms with Gasteiger partial charge in [0.15, 0.2) is 0 Å². The van der Waals surface area contributed by atoms with Crippen molar-refractivity contribution in [2.45, 2.75) is 38.6 Å². The average molecular weight is 363 g/mol. The van der Waals surface area contributed by atoms with Gasteiger partial charge in [0.1, 0.15) is 5.41 Å². The van der Waals surface area contributed by atoms with Gasteiger partial charge in [-0.15, -0.1) is 0 Å². The zero-order valence-corrected chi connectivity index (χ0v) is 14.9. The van der Waals surface area contributed by atoms with Gasteiger partial charge in [-0.3, -0.25) is 19.4 Å². The van der Waals surface area contributed by atoms with Gasteiger partial charge in [-0.1, -0.05) is 0 Å². The highest BCUT2D eigenvalue weighted by molar-refractivity contribution is 5.82. The quantitative estimate of drug-likeness (QED) is 0.611. The van der Waals surface area contributed by atoms with Crippen LogP contribution in [0.25, 0.3) is 0 Å². The molecule has 1 amide bonds. The number of carbonyl (C=O) groups is 2. The highest BCUT2D eigenvalue weighted by atomic mass is 16.5. The molecule has 3 rings (SSSR count). The number of rotatable bonds is 4. The summed E-state index contributed by atoms with van der Waals surface area (Å²) in [5.41, 5.74) is 4.76. The van der Waals surface area contributed by atoms with E-state index in [0.29, 0.717) is 38.2 Å². The van der Waals surface area contributed by atoms with E-state index in [1.807, 2.05) is 0 Å². The molecule has 0 aromatic carbocycles. The number of hydrogen-bond donors (Lipinski definition) is 3. The standard InChI is InChI=1S/C17H25N5O4/c1-2-26-15(25)17-5-3-6-19-12(17)4-7-22(10-17)14(24)9-11-8-13(23)21-16(18)20-11/h8,12,19H,2-7,9-10H2,1H3,(H3,18,20,21,23)/t12-,17+/m1/s1. The lowest BCUT2D eigenvalue weighted by Crippen LogP contribution is -2.64. The molecule has 0 aliphatic carbocycles. The number of nitrogens with zero attached hydrogens (tertiary/aromatic N) is 2. The molecule has 2 aliphatic heterocycles. The number of H-pyrrole nitrogens is 1. The molecule has 4 N–H and O–H groups in total. The van der Waals surface area contributed by atoms with E-state index < -0.39 is 11.0 Å². The van der Waals surface area contributed by atoms with E-state index >= 15 is 0 Å². The van der Waals surface area contributed by atoms with Gasteiger partial charge < -0.3 is 20.7 Å². The Labute approximate surface area is 151 Å². The molecular formula is C17H25N5O4. The maximum atomic E-state index is 12.7. The molecule has 142 valence electrons. The summed E-state index contributed by atoms with van der Waals surface area (Å²) in [6.45, 7) is 3.85. The fourth-order valence-corrected chi connectivity index (χ4v) is 4.00. The van der Waals surface area contributed by atoms with E-state index in [9.17, 15) is 14.4 Å². The number of ether oxygens (including phenoxy) is 1. The van der Waals surface area contributed by atoms with Crippen molar-refractivity contribution in [3.05, 3.63) is 22.1 Å². The monoisotopic (exact) mass is 363 g/mol. The molecule has 9 nitrogen and oxygen atoms in total. The maximum Gasteiger partial charge on any atom is 0.315 e. The lowest BCUT2D eigenvalue weighted by atomic mass is 9.70. The molecule has 2 fully saturated rings. The van der Waals surface area contributed by atoms with Crippen LogP contribution in [0.2, 0.25) is 0 Å². The van der Waals surface area contributed by atoms with Crippen molar-refractivity contribution in [2.24, 2.45) is 5.41 Å². The molecule has 1 aromatic heterocycles. The fraction of sp³-hybridized carbons (Fsp3) is 0.647. The molecule has 3 heterocycles. The number of fused-ring (bicyclic) bond motifs is 1. The van der Waals surface area contributed by atoms with E-state index in [4.69, 9.17) is 10.5 Å². The van der Waals surface area contributed by atoms with Crippen LogP contribution in [0.1, 0.15) is 31.9 Å². The minimum absolute atomic E-state index is 0.0153. The number of likely N-dealkylation sites (tertiary alicyclic amines) is 1. The molecule has 2 atom stereocenters. The van der Waals surface area contributed by atoms with Crippen molar-refractivity contribution in [1.29, 1.82) is 0 Å². The predicted octanol–water partition coefficient (Wildman–Crippen LogP) is -0.572. The largest absolute Gasteiger partial charge is 0.465 e. The van der Waals surface area contributed by atoms with E-state index in [1.54, 1.807) is 11.8 Å². The van der Waals surface area contributed by atoms with Crippen LogP contribution in [0.15, 0.2) is 10.9 Å². The summed E-state index contributed by atoms with van der Waals surface area (Å²) in [5.74, 6) is -0.429.